The van der Waals surface area contributed by atoms with Crippen LogP contribution >= 0.6 is 12.4 Å². The van der Waals surface area contributed by atoms with Gasteiger partial charge in [-0.05, 0) is 55.4 Å². The molecule has 1 unspecified atom stereocenters. The van der Waals surface area contributed by atoms with E-state index in [1.54, 1.807) is 6.07 Å². The van der Waals surface area contributed by atoms with Gasteiger partial charge in [-0.2, -0.15) is 0 Å². The van der Waals surface area contributed by atoms with Crippen molar-refractivity contribution in [3.8, 4) is 0 Å². The number of nitrogen functional groups attached to an aromatic ring is 1. The van der Waals surface area contributed by atoms with Gasteiger partial charge in [0.2, 0.25) is 0 Å². The third-order valence-electron chi connectivity index (χ3n) is 4.53. The summed E-state index contributed by atoms with van der Waals surface area (Å²) in [6, 6.07) is 7.73. The van der Waals surface area contributed by atoms with Crippen LogP contribution in [0.5, 0.6) is 0 Å². The van der Waals surface area contributed by atoms with Crippen LogP contribution in [-0.2, 0) is 6.42 Å². The summed E-state index contributed by atoms with van der Waals surface area (Å²) < 4.78 is 5.26. The van der Waals surface area contributed by atoms with Crippen molar-refractivity contribution >= 4 is 24.0 Å². The zero-order valence-corrected chi connectivity index (χ0v) is 13.6. The highest BCUT2D eigenvalue weighted by Crippen LogP contribution is 2.40. The molecule has 0 spiro atoms. The molecule has 0 saturated heterocycles. The van der Waals surface area contributed by atoms with E-state index >= 15 is 0 Å². The van der Waals surface area contributed by atoms with Gasteiger partial charge in [0.05, 0.1) is 6.04 Å². The molecule has 5 nitrogen and oxygen atoms in total. The van der Waals surface area contributed by atoms with Crippen molar-refractivity contribution in [2.75, 3.05) is 5.73 Å². The second-order valence-electron chi connectivity index (χ2n) is 6.27. The fourth-order valence-electron chi connectivity index (χ4n) is 3.17. The Labute approximate surface area is 141 Å². The maximum atomic E-state index is 12.4. The van der Waals surface area contributed by atoms with Gasteiger partial charge in [-0.1, -0.05) is 11.2 Å². The monoisotopic (exact) mass is 333 g/mol. The van der Waals surface area contributed by atoms with E-state index in [0.29, 0.717) is 11.6 Å². The molecule has 0 bridgehead atoms. The number of aryl methyl sites for hydroxylation is 1. The Kier molecular flexibility index (Phi) is 4.31. The molecule has 1 amide bonds. The van der Waals surface area contributed by atoms with E-state index in [1.807, 2.05) is 18.2 Å². The first kappa shape index (κ1) is 15.9. The van der Waals surface area contributed by atoms with Gasteiger partial charge >= 0.3 is 0 Å². The molecule has 1 aromatic carbocycles. The molecule has 1 aromatic heterocycles. The molecule has 0 radical (unpaired) electrons. The Hall–Kier alpha value is -2.01. The Morgan fingerprint density at radius 3 is 2.87 bits per heavy atom. The standard InChI is InChI=1S/C17H19N3O2.ClH/c18-12-6-7-13-11(8-12)2-1-3-14(13)19-17(21)15-9-16(22-20-15)10-4-5-10;/h6-10,14H,1-5,18H2,(H,19,21);1H. The van der Waals surface area contributed by atoms with Crippen molar-refractivity contribution in [2.45, 2.75) is 44.1 Å². The summed E-state index contributed by atoms with van der Waals surface area (Å²) in [4.78, 5) is 12.4. The Balaban J connectivity index is 0.00000156. The number of hydrogen-bond donors (Lipinski definition) is 2. The summed E-state index contributed by atoms with van der Waals surface area (Å²) in [6.45, 7) is 0. The Morgan fingerprint density at radius 1 is 1.26 bits per heavy atom. The van der Waals surface area contributed by atoms with E-state index in [1.165, 1.54) is 11.1 Å². The van der Waals surface area contributed by atoms with Crippen molar-refractivity contribution in [2.24, 2.45) is 0 Å². The van der Waals surface area contributed by atoms with Crippen LogP contribution in [0.2, 0.25) is 0 Å². The molecule has 1 saturated carbocycles. The first-order valence-corrected chi connectivity index (χ1v) is 7.86. The molecule has 3 N–H and O–H groups in total. The van der Waals surface area contributed by atoms with E-state index in [-0.39, 0.29) is 24.4 Å². The van der Waals surface area contributed by atoms with Crippen molar-refractivity contribution in [3.05, 3.63) is 46.8 Å². The van der Waals surface area contributed by atoms with Crippen LogP contribution in [-0.4, -0.2) is 11.1 Å². The molecule has 4 rings (SSSR count). The van der Waals surface area contributed by atoms with E-state index in [4.69, 9.17) is 10.3 Å². The predicted molar refractivity (Wildman–Crippen MR) is 89.7 cm³/mol. The Morgan fingerprint density at radius 2 is 2.09 bits per heavy atom. The van der Waals surface area contributed by atoms with Gasteiger partial charge in [-0.15, -0.1) is 12.4 Å². The number of nitrogens with two attached hydrogens (primary N) is 1. The molecule has 6 heteroatoms. The summed E-state index contributed by atoms with van der Waals surface area (Å²) in [7, 11) is 0. The lowest BCUT2D eigenvalue weighted by Gasteiger charge is -2.26. The molecular formula is C17H20ClN3O2. The van der Waals surface area contributed by atoms with Gasteiger partial charge in [0, 0.05) is 17.7 Å². The second kappa shape index (κ2) is 6.24. The summed E-state index contributed by atoms with van der Waals surface area (Å²) in [6.07, 6.45) is 5.27. The zero-order chi connectivity index (χ0) is 15.1. The van der Waals surface area contributed by atoms with E-state index in [0.717, 1.165) is 43.6 Å². The maximum absolute atomic E-state index is 12.4. The van der Waals surface area contributed by atoms with Gasteiger partial charge in [0.1, 0.15) is 5.76 Å². The molecule has 2 aliphatic carbocycles. The Bertz CT molecular complexity index is 724. The first-order valence-electron chi connectivity index (χ1n) is 7.86. The summed E-state index contributed by atoms with van der Waals surface area (Å²) in [5.74, 6) is 1.14. The zero-order valence-electron chi connectivity index (χ0n) is 12.7. The fourth-order valence-corrected chi connectivity index (χ4v) is 3.17. The van der Waals surface area contributed by atoms with Crippen LogP contribution in [0, 0.1) is 0 Å². The normalized spacial score (nSPS) is 19.6. The lowest BCUT2D eigenvalue weighted by atomic mass is 9.87. The molecule has 1 heterocycles. The van der Waals surface area contributed by atoms with E-state index in [2.05, 4.69) is 10.5 Å². The minimum absolute atomic E-state index is 0. The maximum Gasteiger partial charge on any atom is 0.273 e. The van der Waals surface area contributed by atoms with Gasteiger partial charge in [0.15, 0.2) is 5.69 Å². The fraction of sp³-hybridized carbons (Fsp3) is 0.412. The number of halogens is 1. The average Bonchev–Trinajstić information content (AvgIpc) is 3.24. The van der Waals surface area contributed by atoms with Crippen LogP contribution in [0.3, 0.4) is 0 Å². The van der Waals surface area contributed by atoms with Crippen LogP contribution < -0.4 is 11.1 Å². The number of carbonyl (C=O) groups excluding carboxylic acids is 1. The highest BCUT2D eigenvalue weighted by atomic mass is 35.5. The largest absolute Gasteiger partial charge is 0.399 e. The number of aromatic nitrogens is 1. The van der Waals surface area contributed by atoms with Crippen LogP contribution in [0.4, 0.5) is 5.69 Å². The number of fused-ring (bicyclic) bond motifs is 1. The highest BCUT2D eigenvalue weighted by molar-refractivity contribution is 5.92. The van der Waals surface area contributed by atoms with Gasteiger partial charge in [-0.3, -0.25) is 4.79 Å². The van der Waals surface area contributed by atoms with Gasteiger partial charge < -0.3 is 15.6 Å². The van der Waals surface area contributed by atoms with Gasteiger partial charge in [0.25, 0.3) is 5.91 Å². The predicted octanol–water partition coefficient (Wildman–Crippen LogP) is 3.36. The molecular weight excluding hydrogens is 314 g/mol. The quantitative estimate of drug-likeness (QED) is 0.844. The molecule has 2 aliphatic rings. The molecule has 1 atom stereocenters. The topological polar surface area (TPSA) is 81.1 Å². The molecule has 23 heavy (non-hydrogen) atoms. The number of carbonyl (C=O) groups is 1. The smallest absolute Gasteiger partial charge is 0.273 e. The van der Waals surface area contributed by atoms with Crippen molar-refractivity contribution in [1.82, 2.24) is 10.5 Å². The number of hydrogen-bond acceptors (Lipinski definition) is 4. The minimum atomic E-state index is -0.162. The number of benzene rings is 1. The lowest BCUT2D eigenvalue weighted by Crippen LogP contribution is -2.31. The van der Waals surface area contributed by atoms with E-state index < -0.39 is 0 Å². The average molecular weight is 334 g/mol. The first-order chi connectivity index (χ1) is 10.7. The van der Waals surface area contributed by atoms with Crippen molar-refractivity contribution in [3.63, 3.8) is 0 Å². The van der Waals surface area contributed by atoms with Crippen LogP contribution in [0.15, 0.2) is 28.8 Å². The molecule has 0 aliphatic heterocycles. The number of nitrogens with one attached hydrogen (secondary N) is 1. The number of rotatable bonds is 3. The highest BCUT2D eigenvalue weighted by Gasteiger charge is 2.29. The number of nitrogens with zero attached hydrogens (tertiary/aromatic N) is 1. The third-order valence-corrected chi connectivity index (χ3v) is 4.53. The molecule has 1 fully saturated rings. The van der Waals surface area contributed by atoms with E-state index in [9.17, 15) is 4.79 Å². The lowest BCUT2D eigenvalue weighted by molar-refractivity contribution is 0.0923. The van der Waals surface area contributed by atoms with Crippen LogP contribution in [0.1, 0.15) is 65.0 Å². The van der Waals surface area contributed by atoms with Crippen molar-refractivity contribution in [1.29, 1.82) is 0 Å². The van der Waals surface area contributed by atoms with Crippen LogP contribution in [0.25, 0.3) is 0 Å². The summed E-state index contributed by atoms with van der Waals surface area (Å²) >= 11 is 0. The van der Waals surface area contributed by atoms with Gasteiger partial charge in [-0.25, -0.2) is 0 Å². The SMILES string of the molecule is Cl.Nc1ccc2c(c1)CCCC2NC(=O)c1cc(C2CC2)on1. The summed E-state index contributed by atoms with van der Waals surface area (Å²) in [5.41, 5.74) is 9.40. The third kappa shape index (κ3) is 3.20. The second-order valence-corrected chi connectivity index (χ2v) is 6.27. The van der Waals surface area contributed by atoms with Crippen molar-refractivity contribution < 1.29 is 9.32 Å². The number of amides is 1. The molecule has 122 valence electrons. The summed E-state index contributed by atoms with van der Waals surface area (Å²) in [5, 5.41) is 6.99. The minimum Gasteiger partial charge on any atom is -0.399 e. The number of anilines is 1. The molecule has 2 aromatic rings.